The smallest absolute Gasteiger partial charge is 0.240 e. The highest BCUT2D eigenvalue weighted by atomic mass is 32.2. The van der Waals surface area contributed by atoms with E-state index < -0.39 is 0 Å². The minimum atomic E-state index is -0.335. The number of nitrogens with zero attached hydrogens (tertiary/aromatic N) is 1. The van der Waals surface area contributed by atoms with Crippen LogP contribution < -0.4 is 5.73 Å². The molecule has 1 aliphatic rings. The predicted octanol–water partition coefficient (Wildman–Crippen LogP) is 1.24. The maximum atomic E-state index is 12.0. The lowest BCUT2D eigenvalue weighted by atomic mass is 10.2. The second kappa shape index (κ2) is 6.18. The van der Waals surface area contributed by atoms with Gasteiger partial charge in [-0.05, 0) is 31.3 Å². The Labute approximate surface area is 96.1 Å². The van der Waals surface area contributed by atoms with Crippen molar-refractivity contribution in [2.75, 3.05) is 18.6 Å². The van der Waals surface area contributed by atoms with Crippen LogP contribution in [0.1, 0.15) is 19.3 Å². The van der Waals surface area contributed by atoms with E-state index in [1.165, 1.54) is 0 Å². The Morgan fingerprint density at radius 1 is 1.73 bits per heavy atom. The second-order valence-electron chi connectivity index (χ2n) is 3.90. The molecule has 86 valence electrons. The summed E-state index contributed by atoms with van der Waals surface area (Å²) in [6.07, 6.45) is 6.81. The molecule has 1 amide bonds. The van der Waals surface area contributed by atoms with Crippen LogP contribution in [0.4, 0.5) is 0 Å². The highest BCUT2D eigenvalue weighted by Gasteiger charge is 2.33. The summed E-state index contributed by atoms with van der Waals surface area (Å²) in [6, 6.07) is 0.0915. The zero-order valence-electron chi connectivity index (χ0n) is 9.32. The van der Waals surface area contributed by atoms with Crippen LogP contribution in [-0.4, -0.2) is 41.4 Å². The largest absolute Gasteiger partial charge is 0.335 e. The lowest BCUT2D eigenvalue weighted by Crippen LogP contribution is -2.45. The quantitative estimate of drug-likeness (QED) is 0.667. The van der Waals surface area contributed by atoms with Crippen LogP contribution in [0.15, 0.2) is 12.7 Å². The predicted molar refractivity (Wildman–Crippen MR) is 65.9 cm³/mol. The lowest BCUT2D eigenvalue weighted by Gasteiger charge is -2.24. The highest BCUT2D eigenvalue weighted by molar-refractivity contribution is 7.98. The average molecular weight is 228 g/mol. The van der Waals surface area contributed by atoms with Gasteiger partial charge in [0.05, 0.1) is 6.04 Å². The second-order valence-corrected chi connectivity index (χ2v) is 4.88. The molecular formula is C11H20N2OS. The number of nitrogens with two attached hydrogens (primary N) is 1. The molecule has 0 spiro atoms. The van der Waals surface area contributed by atoms with Gasteiger partial charge in [0.25, 0.3) is 0 Å². The van der Waals surface area contributed by atoms with Crippen molar-refractivity contribution in [1.29, 1.82) is 0 Å². The van der Waals surface area contributed by atoms with Gasteiger partial charge in [-0.25, -0.2) is 0 Å². The number of rotatable bonds is 7. The van der Waals surface area contributed by atoms with Gasteiger partial charge in [0.1, 0.15) is 0 Å². The summed E-state index contributed by atoms with van der Waals surface area (Å²) < 4.78 is 0. The summed E-state index contributed by atoms with van der Waals surface area (Å²) in [6.45, 7) is 4.31. The third-order valence-electron chi connectivity index (χ3n) is 2.55. The summed E-state index contributed by atoms with van der Waals surface area (Å²) in [5.41, 5.74) is 5.86. The molecule has 0 aliphatic heterocycles. The Morgan fingerprint density at radius 3 is 2.87 bits per heavy atom. The van der Waals surface area contributed by atoms with E-state index in [0.717, 1.165) is 25.0 Å². The normalized spacial score (nSPS) is 17.2. The molecule has 1 atom stereocenters. The molecule has 0 aromatic heterocycles. The Hall–Kier alpha value is -0.480. The SMILES string of the molecule is C=CCN(C(=O)[C@H](N)CCSC)C1CC1. The molecule has 1 aliphatic carbocycles. The number of hydrogen-bond donors (Lipinski definition) is 1. The van der Waals surface area contributed by atoms with Crippen LogP contribution in [0.3, 0.4) is 0 Å². The summed E-state index contributed by atoms with van der Waals surface area (Å²) in [5, 5.41) is 0. The summed E-state index contributed by atoms with van der Waals surface area (Å²) in [7, 11) is 0. The minimum absolute atomic E-state index is 0.0893. The molecule has 2 N–H and O–H groups in total. The van der Waals surface area contributed by atoms with Crippen molar-refractivity contribution >= 4 is 17.7 Å². The van der Waals surface area contributed by atoms with Crippen LogP contribution in [0.2, 0.25) is 0 Å². The Balaban J connectivity index is 2.43. The summed E-state index contributed by atoms with van der Waals surface area (Å²) in [4.78, 5) is 13.8. The van der Waals surface area contributed by atoms with Gasteiger partial charge in [-0.1, -0.05) is 6.08 Å². The first-order valence-electron chi connectivity index (χ1n) is 5.36. The van der Waals surface area contributed by atoms with Gasteiger partial charge in [0.15, 0.2) is 0 Å². The molecule has 0 aromatic carbocycles. The van der Waals surface area contributed by atoms with E-state index in [1.807, 2.05) is 11.2 Å². The Morgan fingerprint density at radius 2 is 2.40 bits per heavy atom. The average Bonchev–Trinajstić information content (AvgIpc) is 3.05. The molecular weight excluding hydrogens is 208 g/mol. The Bertz CT molecular complexity index is 229. The van der Waals surface area contributed by atoms with Crippen molar-refractivity contribution in [3.8, 4) is 0 Å². The minimum Gasteiger partial charge on any atom is -0.335 e. The zero-order chi connectivity index (χ0) is 11.3. The number of hydrogen-bond acceptors (Lipinski definition) is 3. The lowest BCUT2D eigenvalue weighted by molar-refractivity contribution is -0.132. The topological polar surface area (TPSA) is 46.3 Å². The Kier molecular flexibility index (Phi) is 5.19. The first-order valence-corrected chi connectivity index (χ1v) is 6.76. The van der Waals surface area contributed by atoms with E-state index in [-0.39, 0.29) is 11.9 Å². The van der Waals surface area contributed by atoms with Gasteiger partial charge >= 0.3 is 0 Å². The fraction of sp³-hybridized carbons (Fsp3) is 0.727. The first kappa shape index (κ1) is 12.6. The van der Waals surface area contributed by atoms with Crippen LogP contribution >= 0.6 is 11.8 Å². The van der Waals surface area contributed by atoms with Gasteiger partial charge in [-0.2, -0.15) is 11.8 Å². The molecule has 0 heterocycles. The molecule has 0 bridgehead atoms. The molecule has 1 fully saturated rings. The monoisotopic (exact) mass is 228 g/mol. The van der Waals surface area contributed by atoms with Gasteiger partial charge in [-0.15, -0.1) is 6.58 Å². The van der Waals surface area contributed by atoms with Crippen molar-refractivity contribution in [3.05, 3.63) is 12.7 Å². The highest BCUT2D eigenvalue weighted by Crippen LogP contribution is 2.27. The van der Waals surface area contributed by atoms with Crippen LogP contribution in [0, 0.1) is 0 Å². The third-order valence-corrected chi connectivity index (χ3v) is 3.19. The van der Waals surface area contributed by atoms with E-state index in [9.17, 15) is 4.79 Å². The molecule has 4 heteroatoms. The fourth-order valence-corrected chi connectivity index (χ4v) is 2.02. The third kappa shape index (κ3) is 3.87. The molecule has 1 rings (SSSR count). The maximum Gasteiger partial charge on any atom is 0.240 e. The maximum absolute atomic E-state index is 12.0. The first-order chi connectivity index (χ1) is 7.20. The standard InChI is InChI=1S/C11H20N2OS/c1-3-7-13(9-4-5-9)11(14)10(12)6-8-15-2/h3,9-10H,1,4-8,12H2,2H3/t10-/m1/s1. The number of carbonyl (C=O) groups excluding carboxylic acids is 1. The van der Waals surface area contributed by atoms with Gasteiger partial charge < -0.3 is 10.6 Å². The molecule has 0 aromatic rings. The molecule has 3 nitrogen and oxygen atoms in total. The molecule has 1 saturated carbocycles. The number of carbonyl (C=O) groups is 1. The van der Waals surface area contributed by atoms with Gasteiger partial charge in [0, 0.05) is 12.6 Å². The van der Waals surface area contributed by atoms with E-state index >= 15 is 0 Å². The van der Waals surface area contributed by atoms with Crippen molar-refractivity contribution in [1.82, 2.24) is 4.90 Å². The zero-order valence-corrected chi connectivity index (χ0v) is 10.1. The van der Waals surface area contributed by atoms with E-state index in [2.05, 4.69) is 6.58 Å². The number of thioether (sulfide) groups is 1. The summed E-state index contributed by atoms with van der Waals surface area (Å²) >= 11 is 1.73. The summed E-state index contributed by atoms with van der Waals surface area (Å²) in [5.74, 6) is 1.03. The molecule has 0 saturated heterocycles. The molecule has 15 heavy (non-hydrogen) atoms. The van der Waals surface area contributed by atoms with Gasteiger partial charge in [-0.3, -0.25) is 4.79 Å². The van der Waals surface area contributed by atoms with E-state index in [0.29, 0.717) is 12.6 Å². The molecule has 0 unspecified atom stereocenters. The van der Waals surface area contributed by atoms with Crippen LogP contribution in [0.25, 0.3) is 0 Å². The fourth-order valence-electron chi connectivity index (χ4n) is 1.53. The van der Waals surface area contributed by atoms with E-state index in [1.54, 1.807) is 17.8 Å². The van der Waals surface area contributed by atoms with Crippen molar-refractivity contribution in [2.24, 2.45) is 5.73 Å². The van der Waals surface area contributed by atoms with E-state index in [4.69, 9.17) is 5.73 Å². The van der Waals surface area contributed by atoms with Gasteiger partial charge in [0.2, 0.25) is 5.91 Å². The van der Waals surface area contributed by atoms with Crippen LogP contribution in [-0.2, 0) is 4.79 Å². The van der Waals surface area contributed by atoms with Crippen molar-refractivity contribution < 1.29 is 4.79 Å². The van der Waals surface area contributed by atoms with Crippen molar-refractivity contribution in [3.63, 3.8) is 0 Å². The molecule has 0 radical (unpaired) electrons. The van der Waals surface area contributed by atoms with Crippen molar-refractivity contribution in [2.45, 2.75) is 31.3 Å². The number of amides is 1. The van der Waals surface area contributed by atoms with Crippen LogP contribution in [0.5, 0.6) is 0 Å².